The average Bonchev–Trinajstić information content (AvgIpc) is 2.31. The molecular weight excluding hydrogens is 236 g/mol. The Hall–Kier alpha value is -0.860. The summed E-state index contributed by atoms with van der Waals surface area (Å²) < 4.78 is 5.57. The van der Waals surface area contributed by atoms with Crippen LogP contribution >= 0.6 is 0 Å². The highest BCUT2D eigenvalue weighted by atomic mass is 16.5. The van der Waals surface area contributed by atoms with Crippen molar-refractivity contribution < 1.29 is 9.84 Å². The molecule has 2 heteroatoms. The fourth-order valence-electron chi connectivity index (χ4n) is 3.02. The third kappa shape index (κ3) is 3.37. The Morgan fingerprint density at radius 1 is 1.16 bits per heavy atom. The van der Waals surface area contributed by atoms with Crippen molar-refractivity contribution in [1.29, 1.82) is 0 Å². The molecule has 19 heavy (non-hydrogen) atoms. The van der Waals surface area contributed by atoms with Gasteiger partial charge in [-0.15, -0.1) is 0 Å². The fraction of sp³-hybridized carbons (Fsp3) is 0.647. The van der Waals surface area contributed by atoms with Gasteiger partial charge in [0.15, 0.2) is 0 Å². The van der Waals surface area contributed by atoms with Crippen LogP contribution < -0.4 is 0 Å². The molecule has 0 aromatic heterocycles. The van der Waals surface area contributed by atoms with E-state index in [1.807, 2.05) is 6.92 Å². The van der Waals surface area contributed by atoms with Crippen molar-refractivity contribution in [1.82, 2.24) is 0 Å². The number of aryl methyl sites for hydroxylation is 3. The minimum Gasteiger partial charge on any atom is -0.388 e. The molecule has 1 saturated carbocycles. The smallest absolute Gasteiger partial charge is 0.0795 e. The van der Waals surface area contributed by atoms with E-state index in [9.17, 15) is 5.11 Å². The van der Waals surface area contributed by atoms with Crippen LogP contribution in [0.5, 0.6) is 0 Å². The second kappa shape index (κ2) is 6.06. The van der Waals surface area contributed by atoms with E-state index in [0.717, 1.165) is 31.4 Å². The number of hydrogen-bond donors (Lipinski definition) is 1. The second-order valence-electron chi connectivity index (χ2n) is 5.96. The van der Waals surface area contributed by atoms with Gasteiger partial charge in [0.05, 0.1) is 12.2 Å². The summed E-state index contributed by atoms with van der Waals surface area (Å²) in [5.41, 5.74) is 4.87. The number of aliphatic hydroxyl groups excluding tert-OH is 1. The Kier molecular flexibility index (Phi) is 4.64. The Morgan fingerprint density at radius 2 is 1.79 bits per heavy atom. The van der Waals surface area contributed by atoms with Crippen LogP contribution in [0.4, 0.5) is 0 Å². The van der Waals surface area contributed by atoms with Crippen LogP contribution in [0.2, 0.25) is 0 Å². The number of ether oxygens (including phenoxy) is 1. The van der Waals surface area contributed by atoms with E-state index >= 15 is 0 Å². The van der Waals surface area contributed by atoms with Crippen LogP contribution in [0, 0.1) is 26.7 Å². The van der Waals surface area contributed by atoms with Crippen molar-refractivity contribution in [3.05, 3.63) is 34.4 Å². The first-order valence-electron chi connectivity index (χ1n) is 7.38. The minimum absolute atomic E-state index is 0.327. The van der Waals surface area contributed by atoms with Gasteiger partial charge in [-0.3, -0.25) is 0 Å². The van der Waals surface area contributed by atoms with Crippen molar-refractivity contribution in [2.75, 3.05) is 6.61 Å². The van der Waals surface area contributed by atoms with E-state index in [1.165, 1.54) is 16.7 Å². The summed E-state index contributed by atoms with van der Waals surface area (Å²) in [5.74, 6) is 0.618. The van der Waals surface area contributed by atoms with Crippen LogP contribution in [0.15, 0.2) is 12.1 Å². The van der Waals surface area contributed by atoms with Gasteiger partial charge in [0, 0.05) is 6.61 Å². The van der Waals surface area contributed by atoms with Crippen molar-refractivity contribution in [2.24, 2.45) is 5.92 Å². The molecule has 1 fully saturated rings. The zero-order valence-corrected chi connectivity index (χ0v) is 12.6. The molecule has 1 aromatic carbocycles. The van der Waals surface area contributed by atoms with E-state index in [-0.39, 0.29) is 6.10 Å². The maximum absolute atomic E-state index is 10.4. The second-order valence-corrected chi connectivity index (χ2v) is 5.96. The van der Waals surface area contributed by atoms with E-state index < -0.39 is 0 Å². The molecule has 1 unspecified atom stereocenters. The highest BCUT2D eigenvalue weighted by Gasteiger charge is 2.31. The predicted octanol–water partition coefficient (Wildman–Crippen LogP) is 3.85. The fourth-order valence-corrected chi connectivity index (χ4v) is 3.02. The Balaban J connectivity index is 1.94. The summed E-state index contributed by atoms with van der Waals surface area (Å²) in [5, 5.41) is 10.4. The lowest BCUT2D eigenvalue weighted by atomic mass is 9.77. The Bertz CT molecular complexity index is 433. The van der Waals surface area contributed by atoms with Crippen LogP contribution in [-0.2, 0) is 4.74 Å². The molecule has 1 N–H and O–H groups in total. The number of benzene rings is 1. The summed E-state index contributed by atoms with van der Waals surface area (Å²) in [6.07, 6.45) is 3.19. The molecule has 1 aliphatic rings. The Morgan fingerprint density at radius 3 is 2.42 bits per heavy atom. The normalized spacial score (nSPS) is 24.1. The summed E-state index contributed by atoms with van der Waals surface area (Å²) in [6.45, 7) is 9.17. The summed E-state index contributed by atoms with van der Waals surface area (Å²) >= 11 is 0. The largest absolute Gasteiger partial charge is 0.388 e. The van der Waals surface area contributed by atoms with Crippen LogP contribution in [0.25, 0.3) is 0 Å². The molecule has 1 aliphatic carbocycles. The Labute approximate surface area is 116 Å². The zero-order chi connectivity index (χ0) is 14.0. The van der Waals surface area contributed by atoms with Gasteiger partial charge in [0.1, 0.15) is 0 Å². The number of rotatable bonds is 5. The third-order valence-corrected chi connectivity index (χ3v) is 4.39. The monoisotopic (exact) mass is 262 g/mol. The predicted molar refractivity (Wildman–Crippen MR) is 78.4 cm³/mol. The molecule has 106 valence electrons. The van der Waals surface area contributed by atoms with Gasteiger partial charge in [0.25, 0.3) is 0 Å². The van der Waals surface area contributed by atoms with Crippen LogP contribution in [0.1, 0.15) is 54.5 Å². The van der Waals surface area contributed by atoms with Crippen LogP contribution in [0.3, 0.4) is 0 Å². The van der Waals surface area contributed by atoms with Crippen LogP contribution in [-0.4, -0.2) is 17.8 Å². The zero-order valence-electron chi connectivity index (χ0n) is 12.6. The summed E-state index contributed by atoms with van der Waals surface area (Å²) in [4.78, 5) is 0. The highest BCUT2D eigenvalue weighted by Crippen LogP contribution is 2.37. The van der Waals surface area contributed by atoms with Crippen molar-refractivity contribution in [3.8, 4) is 0 Å². The first-order valence-corrected chi connectivity index (χ1v) is 7.38. The molecule has 0 bridgehead atoms. The van der Waals surface area contributed by atoms with E-state index in [0.29, 0.717) is 12.0 Å². The lowest BCUT2D eigenvalue weighted by Gasteiger charge is -2.36. The summed E-state index contributed by atoms with van der Waals surface area (Å²) in [7, 11) is 0. The molecule has 1 aromatic rings. The maximum atomic E-state index is 10.4. The number of aliphatic hydroxyl groups is 1. The lowest BCUT2D eigenvalue weighted by molar-refractivity contribution is -0.0380. The standard InChI is InChI=1S/C17H26O2/c1-5-19-15-8-14(9-15)10-17(18)16-7-12(3)11(2)6-13(16)4/h6-7,14-15,17-18H,5,8-10H2,1-4H3. The van der Waals surface area contributed by atoms with Crippen molar-refractivity contribution in [2.45, 2.75) is 59.2 Å². The van der Waals surface area contributed by atoms with Gasteiger partial charge in [-0.2, -0.15) is 0 Å². The topological polar surface area (TPSA) is 29.5 Å². The van der Waals surface area contributed by atoms with Gasteiger partial charge in [0.2, 0.25) is 0 Å². The molecule has 2 nitrogen and oxygen atoms in total. The molecule has 0 radical (unpaired) electrons. The average molecular weight is 262 g/mol. The highest BCUT2D eigenvalue weighted by molar-refractivity contribution is 5.37. The van der Waals surface area contributed by atoms with E-state index in [1.54, 1.807) is 0 Å². The molecule has 0 saturated heterocycles. The molecule has 0 heterocycles. The first-order chi connectivity index (χ1) is 9.01. The quantitative estimate of drug-likeness (QED) is 0.873. The third-order valence-electron chi connectivity index (χ3n) is 4.39. The molecule has 1 atom stereocenters. The minimum atomic E-state index is -0.327. The molecular formula is C17H26O2. The van der Waals surface area contributed by atoms with Gasteiger partial charge in [-0.1, -0.05) is 12.1 Å². The van der Waals surface area contributed by atoms with Gasteiger partial charge >= 0.3 is 0 Å². The number of hydrogen-bond acceptors (Lipinski definition) is 2. The van der Waals surface area contributed by atoms with E-state index in [2.05, 4.69) is 32.9 Å². The maximum Gasteiger partial charge on any atom is 0.0795 e. The molecule has 0 aliphatic heterocycles. The SMILES string of the molecule is CCOC1CC(CC(O)c2cc(C)c(C)cc2C)C1. The first kappa shape index (κ1) is 14.5. The van der Waals surface area contributed by atoms with E-state index in [4.69, 9.17) is 4.74 Å². The van der Waals surface area contributed by atoms with Crippen molar-refractivity contribution in [3.63, 3.8) is 0 Å². The summed E-state index contributed by atoms with van der Waals surface area (Å²) in [6, 6.07) is 4.33. The van der Waals surface area contributed by atoms with Gasteiger partial charge in [-0.25, -0.2) is 0 Å². The lowest BCUT2D eigenvalue weighted by Crippen LogP contribution is -2.32. The van der Waals surface area contributed by atoms with Gasteiger partial charge in [-0.05, 0) is 75.1 Å². The van der Waals surface area contributed by atoms with Crippen molar-refractivity contribution >= 4 is 0 Å². The molecule has 2 rings (SSSR count). The molecule has 0 amide bonds. The van der Waals surface area contributed by atoms with Gasteiger partial charge < -0.3 is 9.84 Å². The molecule has 0 spiro atoms.